The van der Waals surface area contributed by atoms with Crippen molar-refractivity contribution in [1.29, 1.82) is 0 Å². The Morgan fingerprint density at radius 1 is 1.22 bits per heavy atom. The van der Waals surface area contributed by atoms with E-state index in [1.807, 2.05) is 0 Å². The van der Waals surface area contributed by atoms with Crippen LogP contribution in [0.5, 0.6) is 0 Å². The molecule has 0 saturated heterocycles. The van der Waals surface area contributed by atoms with Crippen LogP contribution in [0.4, 0.5) is 8.78 Å². The first-order chi connectivity index (χ1) is 8.65. The van der Waals surface area contributed by atoms with Crippen LogP contribution < -0.4 is 0 Å². The van der Waals surface area contributed by atoms with Crippen LogP contribution in [0, 0.1) is 18.6 Å². The van der Waals surface area contributed by atoms with Gasteiger partial charge in [-0.2, -0.15) is 0 Å². The molecule has 90 valence electrons. The summed E-state index contributed by atoms with van der Waals surface area (Å²) in [5, 5.41) is 4.16. The summed E-state index contributed by atoms with van der Waals surface area (Å²) in [5.41, 5.74) is 1.29. The average Bonchev–Trinajstić information content (AvgIpc) is 2.75. The molecular formula is C12H8F2N4. The Hall–Kier alpha value is -2.37. The SMILES string of the molecule is Cc1c(F)cncc1-c1nc2cc(F)ccn2n1. The zero-order valence-corrected chi connectivity index (χ0v) is 9.43. The quantitative estimate of drug-likeness (QED) is 0.662. The van der Waals surface area contributed by atoms with Gasteiger partial charge in [0.25, 0.3) is 0 Å². The summed E-state index contributed by atoms with van der Waals surface area (Å²) in [7, 11) is 0. The van der Waals surface area contributed by atoms with Gasteiger partial charge in [0.2, 0.25) is 0 Å². The number of hydrogen-bond donors (Lipinski definition) is 0. The summed E-state index contributed by atoms with van der Waals surface area (Å²) in [5.74, 6) is -0.488. The van der Waals surface area contributed by atoms with Crippen molar-refractivity contribution in [1.82, 2.24) is 19.6 Å². The van der Waals surface area contributed by atoms with Crippen molar-refractivity contribution < 1.29 is 8.78 Å². The maximum Gasteiger partial charge on any atom is 0.184 e. The standard InChI is InChI=1S/C12H8F2N4/c1-7-9(5-15-6-10(7)14)12-16-11-4-8(13)2-3-18(11)17-12/h2-6H,1H3. The molecule has 0 aromatic carbocycles. The van der Waals surface area contributed by atoms with Gasteiger partial charge in [-0.25, -0.2) is 18.3 Å². The highest BCUT2D eigenvalue weighted by Gasteiger charge is 2.12. The molecule has 0 aliphatic carbocycles. The third kappa shape index (κ3) is 1.62. The van der Waals surface area contributed by atoms with Crippen LogP contribution >= 0.6 is 0 Å². The van der Waals surface area contributed by atoms with Crippen molar-refractivity contribution >= 4 is 5.65 Å². The van der Waals surface area contributed by atoms with E-state index >= 15 is 0 Å². The Bertz CT molecular complexity index is 736. The van der Waals surface area contributed by atoms with Crippen molar-refractivity contribution in [3.8, 4) is 11.4 Å². The first-order valence-corrected chi connectivity index (χ1v) is 5.27. The van der Waals surface area contributed by atoms with E-state index in [0.29, 0.717) is 22.6 Å². The van der Waals surface area contributed by atoms with E-state index < -0.39 is 11.6 Å². The second kappa shape index (κ2) is 3.83. The molecule has 4 nitrogen and oxygen atoms in total. The summed E-state index contributed by atoms with van der Waals surface area (Å²) in [4.78, 5) is 7.92. The van der Waals surface area contributed by atoms with Gasteiger partial charge in [-0.3, -0.25) is 4.98 Å². The van der Waals surface area contributed by atoms with Gasteiger partial charge in [0.1, 0.15) is 11.6 Å². The molecule has 0 spiro atoms. The first kappa shape index (κ1) is 10.8. The van der Waals surface area contributed by atoms with Gasteiger partial charge in [0.15, 0.2) is 11.5 Å². The molecule has 3 aromatic rings. The van der Waals surface area contributed by atoms with Crippen molar-refractivity contribution in [2.45, 2.75) is 6.92 Å². The lowest BCUT2D eigenvalue weighted by Gasteiger charge is -2.00. The van der Waals surface area contributed by atoms with Crippen LogP contribution in [0.15, 0.2) is 30.7 Å². The molecule has 0 fully saturated rings. The molecule has 0 radical (unpaired) electrons. The van der Waals surface area contributed by atoms with Gasteiger partial charge in [0.05, 0.1) is 6.20 Å². The molecule has 0 aliphatic rings. The van der Waals surface area contributed by atoms with E-state index in [-0.39, 0.29) is 0 Å². The molecule has 18 heavy (non-hydrogen) atoms. The minimum absolute atomic E-state index is 0.324. The third-order valence-electron chi connectivity index (χ3n) is 2.69. The number of halogens is 2. The molecule has 0 saturated carbocycles. The zero-order chi connectivity index (χ0) is 12.7. The summed E-state index contributed by atoms with van der Waals surface area (Å²) in [6.07, 6.45) is 4.08. The van der Waals surface area contributed by atoms with Crippen molar-refractivity contribution in [2.75, 3.05) is 0 Å². The van der Waals surface area contributed by atoms with Crippen LogP contribution in [-0.2, 0) is 0 Å². The fourth-order valence-electron chi connectivity index (χ4n) is 1.70. The van der Waals surface area contributed by atoms with Gasteiger partial charge in [-0.05, 0) is 18.6 Å². The molecule has 3 rings (SSSR count). The van der Waals surface area contributed by atoms with Crippen LogP contribution in [0.25, 0.3) is 17.0 Å². The largest absolute Gasteiger partial charge is 0.261 e. The van der Waals surface area contributed by atoms with Crippen molar-refractivity contribution in [3.63, 3.8) is 0 Å². The Balaban J connectivity index is 2.22. The zero-order valence-electron chi connectivity index (χ0n) is 9.43. The van der Waals surface area contributed by atoms with Crippen molar-refractivity contribution in [2.24, 2.45) is 0 Å². The molecule has 6 heteroatoms. The van der Waals surface area contributed by atoms with Crippen LogP contribution in [-0.4, -0.2) is 19.6 Å². The van der Waals surface area contributed by atoms with E-state index in [4.69, 9.17) is 0 Å². The first-order valence-electron chi connectivity index (χ1n) is 5.27. The Labute approximate surface area is 101 Å². The topological polar surface area (TPSA) is 43.1 Å². The smallest absolute Gasteiger partial charge is 0.184 e. The molecule has 0 atom stereocenters. The maximum absolute atomic E-state index is 13.4. The van der Waals surface area contributed by atoms with E-state index in [0.717, 1.165) is 6.20 Å². The van der Waals surface area contributed by atoms with E-state index in [1.165, 1.54) is 29.0 Å². The van der Waals surface area contributed by atoms with Gasteiger partial charge in [-0.1, -0.05) is 0 Å². The molecule has 3 heterocycles. The fourth-order valence-corrected chi connectivity index (χ4v) is 1.70. The Kier molecular flexibility index (Phi) is 2.29. The molecule has 3 aromatic heterocycles. The second-order valence-electron chi connectivity index (χ2n) is 3.88. The highest BCUT2D eigenvalue weighted by molar-refractivity contribution is 5.61. The highest BCUT2D eigenvalue weighted by Crippen LogP contribution is 2.21. The maximum atomic E-state index is 13.4. The third-order valence-corrected chi connectivity index (χ3v) is 2.69. The van der Waals surface area contributed by atoms with Crippen molar-refractivity contribution in [3.05, 3.63) is 47.9 Å². The van der Waals surface area contributed by atoms with Gasteiger partial charge < -0.3 is 0 Å². The number of hydrogen-bond acceptors (Lipinski definition) is 3. The lowest BCUT2D eigenvalue weighted by Crippen LogP contribution is -1.92. The van der Waals surface area contributed by atoms with Gasteiger partial charge in [0, 0.05) is 24.0 Å². The monoisotopic (exact) mass is 246 g/mol. The normalized spacial score (nSPS) is 11.1. The summed E-state index contributed by atoms with van der Waals surface area (Å²) >= 11 is 0. The molecule has 0 amide bonds. The van der Waals surface area contributed by atoms with E-state index in [9.17, 15) is 8.78 Å². The van der Waals surface area contributed by atoms with E-state index in [2.05, 4.69) is 15.1 Å². The summed E-state index contributed by atoms with van der Waals surface area (Å²) in [6, 6.07) is 2.54. The minimum Gasteiger partial charge on any atom is -0.261 e. The Morgan fingerprint density at radius 3 is 2.89 bits per heavy atom. The summed E-state index contributed by atoms with van der Waals surface area (Å²) in [6.45, 7) is 1.62. The number of aromatic nitrogens is 4. The molecule has 0 unspecified atom stereocenters. The lowest BCUT2D eigenvalue weighted by molar-refractivity contribution is 0.612. The van der Waals surface area contributed by atoms with Gasteiger partial charge >= 0.3 is 0 Å². The molecular weight excluding hydrogens is 238 g/mol. The minimum atomic E-state index is -0.419. The molecule has 0 aliphatic heterocycles. The fraction of sp³-hybridized carbons (Fsp3) is 0.0833. The van der Waals surface area contributed by atoms with Crippen LogP contribution in [0.1, 0.15) is 5.56 Å². The van der Waals surface area contributed by atoms with E-state index in [1.54, 1.807) is 6.92 Å². The predicted octanol–water partition coefficient (Wildman–Crippen LogP) is 2.38. The Morgan fingerprint density at radius 2 is 2.06 bits per heavy atom. The number of fused-ring (bicyclic) bond motifs is 1. The number of rotatable bonds is 1. The highest BCUT2D eigenvalue weighted by atomic mass is 19.1. The average molecular weight is 246 g/mol. The lowest BCUT2D eigenvalue weighted by atomic mass is 10.1. The van der Waals surface area contributed by atoms with Gasteiger partial charge in [-0.15, -0.1) is 5.10 Å². The van der Waals surface area contributed by atoms with Crippen LogP contribution in [0.2, 0.25) is 0 Å². The van der Waals surface area contributed by atoms with Crippen LogP contribution in [0.3, 0.4) is 0 Å². The predicted molar refractivity (Wildman–Crippen MR) is 60.9 cm³/mol. The molecule has 0 bridgehead atoms. The number of pyridine rings is 2. The second-order valence-corrected chi connectivity index (χ2v) is 3.88. The molecule has 0 N–H and O–H groups in total. The summed E-state index contributed by atoms with van der Waals surface area (Å²) < 4.78 is 27.9. The number of nitrogens with zero attached hydrogens (tertiary/aromatic N) is 4.